The van der Waals surface area contributed by atoms with Crippen LogP contribution in [0.4, 0.5) is 0 Å². The predicted octanol–water partition coefficient (Wildman–Crippen LogP) is 2.93. The van der Waals surface area contributed by atoms with Gasteiger partial charge in [-0.3, -0.25) is 0 Å². The van der Waals surface area contributed by atoms with Gasteiger partial charge in [0.2, 0.25) is 6.79 Å². The molecule has 0 aliphatic carbocycles. The molecule has 134 valence electrons. The third-order valence-electron chi connectivity index (χ3n) is 4.97. The topological polar surface area (TPSA) is 72.7 Å². The fraction of sp³-hybridized carbons (Fsp3) is 0.350. The molecular formula is C20H20N2O4. The summed E-state index contributed by atoms with van der Waals surface area (Å²) in [5, 5.41) is 13.5. The molecule has 26 heavy (non-hydrogen) atoms. The zero-order valence-corrected chi connectivity index (χ0v) is 14.7. The molecule has 0 fully saturated rings. The lowest BCUT2D eigenvalue weighted by molar-refractivity contribution is 0.174. The largest absolute Gasteiger partial charge is 0.493 e. The Morgan fingerprint density at radius 1 is 1.08 bits per heavy atom. The number of nitrogens with zero attached hydrogens (tertiary/aromatic N) is 1. The summed E-state index contributed by atoms with van der Waals surface area (Å²) in [6.07, 6.45) is 0.827. The number of hydrogen-bond donors (Lipinski definition) is 1. The molecule has 0 amide bonds. The molecule has 4 rings (SSSR count). The molecule has 0 spiro atoms. The molecule has 0 aromatic heterocycles. The summed E-state index contributed by atoms with van der Waals surface area (Å²) >= 11 is 0. The van der Waals surface area contributed by atoms with Crippen molar-refractivity contribution < 1.29 is 18.9 Å². The first-order chi connectivity index (χ1) is 12.7. The minimum absolute atomic E-state index is 0.151. The van der Waals surface area contributed by atoms with E-state index in [1.165, 1.54) is 0 Å². The molecule has 2 atom stereocenters. The van der Waals surface area contributed by atoms with Crippen LogP contribution in [-0.4, -0.2) is 27.6 Å². The van der Waals surface area contributed by atoms with Crippen molar-refractivity contribution in [1.29, 1.82) is 5.26 Å². The highest BCUT2D eigenvalue weighted by Crippen LogP contribution is 2.43. The number of fused-ring (bicyclic) bond motifs is 2. The van der Waals surface area contributed by atoms with Crippen molar-refractivity contribution in [2.45, 2.75) is 18.4 Å². The van der Waals surface area contributed by atoms with Crippen molar-refractivity contribution in [1.82, 2.24) is 5.32 Å². The Morgan fingerprint density at radius 2 is 1.85 bits per heavy atom. The monoisotopic (exact) mass is 352 g/mol. The predicted molar refractivity (Wildman–Crippen MR) is 94.9 cm³/mol. The van der Waals surface area contributed by atoms with E-state index in [2.05, 4.69) is 11.4 Å². The van der Waals surface area contributed by atoms with Gasteiger partial charge in [0.05, 0.1) is 32.2 Å². The van der Waals surface area contributed by atoms with Gasteiger partial charge in [-0.15, -0.1) is 0 Å². The number of ether oxygens (including phenoxy) is 4. The maximum Gasteiger partial charge on any atom is 0.231 e. The van der Waals surface area contributed by atoms with Crippen LogP contribution in [0.25, 0.3) is 0 Å². The van der Waals surface area contributed by atoms with Gasteiger partial charge in [0.15, 0.2) is 23.0 Å². The molecule has 2 aliphatic rings. The molecular weight excluding hydrogens is 332 g/mol. The van der Waals surface area contributed by atoms with Crippen LogP contribution < -0.4 is 24.3 Å². The van der Waals surface area contributed by atoms with Gasteiger partial charge in [0.1, 0.15) is 0 Å². The van der Waals surface area contributed by atoms with Gasteiger partial charge in [0, 0.05) is 0 Å². The summed E-state index contributed by atoms with van der Waals surface area (Å²) in [5.41, 5.74) is 3.09. The Balaban J connectivity index is 1.77. The lowest BCUT2D eigenvalue weighted by Crippen LogP contribution is -2.25. The second-order valence-corrected chi connectivity index (χ2v) is 6.31. The molecule has 0 radical (unpaired) electrons. The van der Waals surface area contributed by atoms with Crippen molar-refractivity contribution in [2.24, 2.45) is 0 Å². The summed E-state index contributed by atoms with van der Waals surface area (Å²) in [5.74, 6) is 2.43. The molecule has 1 N–H and O–H groups in total. The molecule has 0 unspecified atom stereocenters. The smallest absolute Gasteiger partial charge is 0.231 e. The van der Waals surface area contributed by atoms with Gasteiger partial charge in [0.25, 0.3) is 0 Å². The first kappa shape index (κ1) is 16.6. The minimum Gasteiger partial charge on any atom is -0.493 e. The van der Waals surface area contributed by atoms with E-state index in [9.17, 15) is 5.26 Å². The highest BCUT2D eigenvalue weighted by Gasteiger charge is 2.31. The molecule has 0 bridgehead atoms. The Morgan fingerprint density at radius 3 is 2.58 bits per heavy atom. The van der Waals surface area contributed by atoms with E-state index in [1.54, 1.807) is 14.2 Å². The first-order valence-corrected chi connectivity index (χ1v) is 8.52. The molecule has 2 aromatic rings. The number of nitrogens with one attached hydrogen (secondary N) is 1. The van der Waals surface area contributed by atoms with Crippen LogP contribution in [0.3, 0.4) is 0 Å². The van der Waals surface area contributed by atoms with Gasteiger partial charge >= 0.3 is 0 Å². The van der Waals surface area contributed by atoms with E-state index >= 15 is 0 Å². The third-order valence-corrected chi connectivity index (χ3v) is 4.97. The van der Waals surface area contributed by atoms with E-state index in [4.69, 9.17) is 18.9 Å². The van der Waals surface area contributed by atoms with Crippen LogP contribution >= 0.6 is 0 Å². The summed E-state index contributed by atoms with van der Waals surface area (Å²) in [4.78, 5) is 0. The average Bonchev–Trinajstić information content (AvgIpc) is 3.05. The number of nitriles is 1. The average molecular weight is 352 g/mol. The maximum absolute atomic E-state index is 9.95. The Hall–Kier alpha value is -2.91. The number of hydrogen-bond acceptors (Lipinski definition) is 6. The third kappa shape index (κ3) is 2.71. The Labute approximate surface area is 152 Å². The highest BCUT2D eigenvalue weighted by atomic mass is 16.7. The molecule has 2 aliphatic heterocycles. The van der Waals surface area contributed by atoms with Crippen molar-refractivity contribution in [3.8, 4) is 29.1 Å². The molecule has 6 heteroatoms. The van der Waals surface area contributed by atoms with Crippen LogP contribution in [0.15, 0.2) is 30.3 Å². The van der Waals surface area contributed by atoms with Crippen molar-refractivity contribution in [3.05, 3.63) is 47.0 Å². The fourth-order valence-electron chi connectivity index (χ4n) is 3.67. The van der Waals surface area contributed by atoms with Crippen LogP contribution in [-0.2, 0) is 6.42 Å². The molecule has 0 saturated carbocycles. The second-order valence-electron chi connectivity index (χ2n) is 6.31. The van der Waals surface area contributed by atoms with E-state index in [0.29, 0.717) is 17.2 Å². The van der Waals surface area contributed by atoms with Crippen LogP contribution in [0, 0.1) is 11.3 Å². The van der Waals surface area contributed by atoms with Gasteiger partial charge in [-0.05, 0) is 53.9 Å². The summed E-state index contributed by atoms with van der Waals surface area (Å²) in [7, 11) is 3.22. The van der Waals surface area contributed by atoms with Gasteiger partial charge < -0.3 is 24.3 Å². The Kier molecular flexibility index (Phi) is 4.31. The van der Waals surface area contributed by atoms with Crippen molar-refractivity contribution >= 4 is 0 Å². The quantitative estimate of drug-likeness (QED) is 0.916. The first-order valence-electron chi connectivity index (χ1n) is 8.52. The van der Waals surface area contributed by atoms with Crippen LogP contribution in [0.2, 0.25) is 0 Å². The van der Waals surface area contributed by atoms with E-state index in [-0.39, 0.29) is 18.8 Å². The number of methoxy groups -OCH3 is 2. The zero-order chi connectivity index (χ0) is 18.1. The lowest BCUT2D eigenvalue weighted by atomic mass is 9.86. The van der Waals surface area contributed by atoms with Gasteiger partial charge in [-0.1, -0.05) is 6.07 Å². The standard InChI is InChI=1S/C20H20N2O4/c1-23-16-4-3-13(8-17(16)24-2)20-15(10-21)14-9-19-18(25-11-26-19)7-12(14)5-6-22-20/h3-4,7-9,15,20,22H,5-6,11H2,1-2H3/t15-,20-/m0/s1. The van der Waals surface area contributed by atoms with Crippen LogP contribution in [0.5, 0.6) is 23.0 Å². The number of benzene rings is 2. The van der Waals surface area contributed by atoms with Gasteiger partial charge in [-0.2, -0.15) is 5.26 Å². The molecule has 2 aromatic carbocycles. The second kappa shape index (κ2) is 6.77. The highest BCUT2D eigenvalue weighted by molar-refractivity contribution is 5.53. The minimum atomic E-state index is -0.347. The zero-order valence-electron chi connectivity index (χ0n) is 14.7. The van der Waals surface area contributed by atoms with Crippen molar-refractivity contribution in [2.75, 3.05) is 27.6 Å². The van der Waals surface area contributed by atoms with Gasteiger partial charge in [-0.25, -0.2) is 0 Å². The SMILES string of the molecule is COc1ccc([C@@H]2NCCc3cc4c(cc3[C@@H]2C#N)OCO4)cc1OC. The van der Waals surface area contributed by atoms with Crippen LogP contribution in [0.1, 0.15) is 28.7 Å². The Bertz CT molecular complexity index is 875. The van der Waals surface area contributed by atoms with E-state index in [0.717, 1.165) is 35.4 Å². The summed E-state index contributed by atoms with van der Waals surface area (Å²) in [6, 6.07) is 12.0. The normalized spacial score (nSPS) is 20.7. The maximum atomic E-state index is 9.95. The van der Waals surface area contributed by atoms with E-state index < -0.39 is 0 Å². The molecule has 6 nitrogen and oxygen atoms in total. The van der Waals surface area contributed by atoms with Crippen molar-refractivity contribution in [3.63, 3.8) is 0 Å². The van der Waals surface area contributed by atoms with E-state index in [1.807, 2.05) is 30.3 Å². The fourth-order valence-corrected chi connectivity index (χ4v) is 3.67. The molecule has 0 saturated heterocycles. The lowest BCUT2D eigenvalue weighted by Gasteiger charge is -2.23. The summed E-state index contributed by atoms with van der Waals surface area (Å²) in [6.45, 7) is 0.997. The summed E-state index contributed by atoms with van der Waals surface area (Å²) < 4.78 is 21.8. The number of rotatable bonds is 3. The molecule has 2 heterocycles.